The van der Waals surface area contributed by atoms with Gasteiger partial charge in [-0.2, -0.15) is 0 Å². The number of allylic oxidation sites excluding steroid dienone is 1. The Bertz CT molecular complexity index is 2900. The number of aryl methyl sites for hydroxylation is 1. The molecule has 4 aromatic carbocycles. The monoisotopic (exact) mass is 939 g/mol. The van der Waals surface area contributed by atoms with Gasteiger partial charge in [-0.25, -0.2) is 0 Å². The van der Waals surface area contributed by atoms with Crippen LogP contribution >= 0.6 is 11.8 Å². The summed E-state index contributed by atoms with van der Waals surface area (Å²) >= 11 is 2.27. The summed E-state index contributed by atoms with van der Waals surface area (Å²) in [5.41, 5.74) is 24.7. The third-order valence-electron chi connectivity index (χ3n) is 20.5. The van der Waals surface area contributed by atoms with Crippen LogP contribution < -0.4 is 20.7 Å². The molecule has 4 aromatic rings. The molecule has 0 saturated heterocycles. The first kappa shape index (κ1) is 47.9. The Labute approximate surface area is 424 Å². The van der Waals surface area contributed by atoms with Crippen molar-refractivity contribution in [2.45, 2.75) is 233 Å². The number of rotatable bonds is 2. The first-order valence-corrected chi connectivity index (χ1v) is 28.3. The maximum atomic E-state index is 2.88. The number of hydrogen-bond donors (Lipinski definition) is 0. The van der Waals surface area contributed by atoms with Gasteiger partial charge in [-0.15, -0.1) is 11.8 Å². The van der Waals surface area contributed by atoms with Crippen LogP contribution in [0.4, 0.5) is 28.4 Å². The summed E-state index contributed by atoms with van der Waals surface area (Å²) in [6.07, 6.45) is 9.78. The van der Waals surface area contributed by atoms with Gasteiger partial charge in [-0.05, 0) is 205 Å². The summed E-state index contributed by atoms with van der Waals surface area (Å²) < 4.78 is 0. The normalized spacial score (nSPS) is 26.5. The van der Waals surface area contributed by atoms with Crippen LogP contribution in [0.3, 0.4) is 0 Å². The van der Waals surface area contributed by atoms with Gasteiger partial charge in [0.05, 0.1) is 5.03 Å². The summed E-state index contributed by atoms with van der Waals surface area (Å²) in [7, 11) is 0. The molecule has 0 N–H and O–H groups in total. The lowest BCUT2D eigenvalue weighted by Crippen LogP contribution is -2.59. The number of thioether (sulfide) groups is 1. The molecule has 3 heterocycles. The number of hydrogen-bond acceptors (Lipinski definition) is 3. The van der Waals surface area contributed by atoms with Crippen LogP contribution in [0, 0.1) is 23.7 Å². The molecule has 0 radical (unpaired) electrons. The van der Waals surface area contributed by atoms with E-state index >= 15 is 0 Å². The summed E-state index contributed by atoms with van der Waals surface area (Å²) in [6, 6.07) is 23.9. The Morgan fingerprint density at radius 3 is 1.46 bits per heavy atom. The van der Waals surface area contributed by atoms with E-state index in [1.807, 2.05) is 0 Å². The molecule has 0 aromatic heterocycles. The second-order valence-electron chi connectivity index (χ2n) is 30.2. The van der Waals surface area contributed by atoms with Crippen molar-refractivity contribution in [2.75, 3.05) is 9.80 Å². The van der Waals surface area contributed by atoms with Crippen molar-refractivity contribution in [1.82, 2.24) is 0 Å². The van der Waals surface area contributed by atoms with Gasteiger partial charge in [0.25, 0.3) is 0 Å². The number of benzene rings is 4. The minimum absolute atomic E-state index is 0.0747. The largest absolute Gasteiger partial charge is 0.311 e. The predicted octanol–water partition coefficient (Wildman–Crippen LogP) is 17.2. The van der Waals surface area contributed by atoms with Crippen molar-refractivity contribution >= 4 is 57.8 Å². The lowest BCUT2D eigenvalue weighted by atomic mass is 9.29. The molecule has 7 aliphatic rings. The molecule has 1 saturated carbocycles. The number of fused-ring (bicyclic) bond motifs is 8. The summed E-state index contributed by atoms with van der Waals surface area (Å²) in [4.78, 5) is 5.69. The molecule has 69 heavy (non-hydrogen) atoms. The van der Waals surface area contributed by atoms with Gasteiger partial charge in [-0.1, -0.05) is 155 Å². The van der Waals surface area contributed by atoms with Crippen molar-refractivity contribution in [3.63, 3.8) is 0 Å². The van der Waals surface area contributed by atoms with Crippen LogP contribution in [0.5, 0.6) is 0 Å². The fraction of sp³-hybridized carbons (Fsp3) is 0.600. The Kier molecular flexibility index (Phi) is 10.0. The molecule has 0 spiro atoms. The fourth-order valence-corrected chi connectivity index (χ4v) is 17.1. The standard InChI is InChI=1S/C65H87BN2S/c1-38-31-42-45(62(13,14)27-25-59(42,7)8)36-48(38)68-51-33-39(57(2,3)4)32-50-53(51)66(54-52-55(69-56(54)68)65(19,20)30-29-64(52,17)18)47-35-44-46(63(15,16)28-26-61(44,11)12)37-49(47)67(50)40-21-22-41-43(34-40)60(9,10)24-23-58(41,5)6/h21-22,31-37,52,55H,23-30H2,1-20H3. The molecule has 0 amide bonds. The Hall–Kier alpha value is -3.37. The zero-order chi connectivity index (χ0) is 49.9. The first-order valence-electron chi connectivity index (χ1n) is 27.4. The highest BCUT2D eigenvalue weighted by atomic mass is 32.2. The van der Waals surface area contributed by atoms with Crippen LogP contribution in [0.2, 0.25) is 0 Å². The van der Waals surface area contributed by atoms with E-state index in [1.54, 1.807) is 27.7 Å². The van der Waals surface area contributed by atoms with Crippen LogP contribution in [-0.2, 0) is 37.9 Å². The van der Waals surface area contributed by atoms with E-state index in [2.05, 4.69) is 215 Å². The van der Waals surface area contributed by atoms with E-state index in [1.165, 1.54) is 118 Å². The van der Waals surface area contributed by atoms with Gasteiger partial charge < -0.3 is 9.80 Å². The second-order valence-corrected chi connectivity index (χ2v) is 31.3. The summed E-state index contributed by atoms with van der Waals surface area (Å²) in [5, 5.41) is 2.02. The minimum Gasteiger partial charge on any atom is -0.311 e. The van der Waals surface area contributed by atoms with Crippen LogP contribution in [0.1, 0.15) is 227 Å². The van der Waals surface area contributed by atoms with E-state index in [9.17, 15) is 0 Å². The topological polar surface area (TPSA) is 6.48 Å². The third kappa shape index (κ3) is 6.90. The Balaban J connectivity index is 1.30. The smallest absolute Gasteiger partial charge is 0.248 e. The zero-order valence-corrected chi connectivity index (χ0v) is 47.7. The molecule has 0 bridgehead atoms. The Morgan fingerprint density at radius 2 is 0.928 bits per heavy atom. The van der Waals surface area contributed by atoms with E-state index in [-0.39, 0.29) is 55.4 Å². The highest BCUT2D eigenvalue weighted by molar-refractivity contribution is 8.04. The lowest BCUT2D eigenvalue weighted by molar-refractivity contribution is 0.0926. The van der Waals surface area contributed by atoms with Crippen molar-refractivity contribution in [3.8, 4) is 0 Å². The highest BCUT2D eigenvalue weighted by Crippen LogP contribution is 2.66. The van der Waals surface area contributed by atoms with Gasteiger partial charge in [0, 0.05) is 33.7 Å². The predicted molar refractivity (Wildman–Crippen MR) is 303 cm³/mol. The molecular formula is C65H87BN2S. The zero-order valence-electron chi connectivity index (χ0n) is 46.9. The number of nitrogens with zero attached hydrogens (tertiary/aromatic N) is 2. The first-order chi connectivity index (χ1) is 31.7. The molecule has 11 rings (SSSR count). The molecule has 2 unspecified atom stereocenters. The molecule has 4 heteroatoms. The summed E-state index contributed by atoms with van der Waals surface area (Å²) in [6.45, 7) is 50.6. The van der Waals surface area contributed by atoms with E-state index in [0.29, 0.717) is 11.2 Å². The summed E-state index contributed by atoms with van der Waals surface area (Å²) in [5.74, 6) is 0.442. The SMILES string of the molecule is Cc1cc2c(cc1N1C3=C(B4c5cc6c(cc5N(c5ccc7c(c5)C(C)(C)CCC7(C)C)c5cc(C(C)(C)C)cc1c54)C(C)(C)CCC6(C)C)C1C(S3)C(C)(C)CCC1(C)C)C(C)(C)CCC2(C)C. The van der Waals surface area contributed by atoms with E-state index < -0.39 is 0 Å². The van der Waals surface area contributed by atoms with E-state index in [4.69, 9.17) is 0 Å². The van der Waals surface area contributed by atoms with Gasteiger partial charge >= 0.3 is 0 Å². The van der Waals surface area contributed by atoms with Crippen molar-refractivity contribution < 1.29 is 0 Å². The fourth-order valence-electron chi connectivity index (χ4n) is 15.1. The van der Waals surface area contributed by atoms with Crippen LogP contribution in [-0.4, -0.2) is 12.0 Å². The molecule has 366 valence electrons. The lowest BCUT2D eigenvalue weighted by Gasteiger charge is -2.52. The maximum absolute atomic E-state index is 2.88. The average Bonchev–Trinajstić information content (AvgIpc) is 3.67. The highest BCUT2D eigenvalue weighted by Gasteiger charge is 2.60. The maximum Gasteiger partial charge on any atom is 0.248 e. The van der Waals surface area contributed by atoms with Crippen molar-refractivity contribution in [2.24, 2.45) is 16.7 Å². The van der Waals surface area contributed by atoms with E-state index in [0.717, 1.165) is 0 Å². The van der Waals surface area contributed by atoms with Gasteiger partial charge in [0.2, 0.25) is 6.71 Å². The third-order valence-corrected chi connectivity index (χ3v) is 22.3. The quantitative estimate of drug-likeness (QED) is 0.185. The minimum atomic E-state index is -0.0747. The Morgan fingerprint density at radius 1 is 0.478 bits per heavy atom. The number of anilines is 5. The molecule has 2 nitrogen and oxygen atoms in total. The van der Waals surface area contributed by atoms with Gasteiger partial charge in [0.15, 0.2) is 0 Å². The van der Waals surface area contributed by atoms with Gasteiger partial charge in [-0.3, -0.25) is 0 Å². The molecular weight excluding hydrogens is 852 g/mol. The van der Waals surface area contributed by atoms with Crippen LogP contribution in [0.15, 0.2) is 65.1 Å². The molecule has 3 aliphatic heterocycles. The van der Waals surface area contributed by atoms with Gasteiger partial charge in [0.1, 0.15) is 0 Å². The second kappa shape index (κ2) is 14.4. The van der Waals surface area contributed by atoms with Crippen molar-refractivity contribution in [1.29, 1.82) is 0 Å². The average molecular weight is 939 g/mol. The molecule has 4 aliphatic carbocycles. The van der Waals surface area contributed by atoms with Crippen LogP contribution in [0.25, 0.3) is 0 Å². The molecule has 2 atom stereocenters. The van der Waals surface area contributed by atoms with Crippen molar-refractivity contribution in [3.05, 3.63) is 110 Å². The molecule has 1 fully saturated rings.